The minimum Gasteiger partial charge on any atom is -0.351 e. The largest absolute Gasteiger partial charge is 0.351 e. The average Bonchev–Trinajstić information content (AvgIpc) is 2.61. The van der Waals surface area contributed by atoms with Crippen LogP contribution in [0.25, 0.3) is 12.2 Å². The number of aryl methyl sites for hydroxylation is 2. The van der Waals surface area contributed by atoms with Crippen LogP contribution in [-0.4, -0.2) is 4.57 Å². The summed E-state index contributed by atoms with van der Waals surface area (Å²) < 4.78 is 2.10. The Morgan fingerprint density at radius 3 is 2.60 bits per heavy atom. The highest BCUT2D eigenvalue weighted by atomic mass is 14.9. The highest BCUT2D eigenvalue weighted by Crippen LogP contribution is 2.09. The van der Waals surface area contributed by atoms with E-state index in [-0.39, 0.29) is 0 Å². The third kappa shape index (κ3) is 2.38. The maximum atomic E-state index is 2.18. The molecular weight excluding hydrogens is 182 g/mol. The van der Waals surface area contributed by atoms with E-state index in [9.17, 15) is 0 Å². The fourth-order valence-electron chi connectivity index (χ4n) is 1.60. The molecule has 0 radical (unpaired) electrons. The summed E-state index contributed by atoms with van der Waals surface area (Å²) in [4.78, 5) is 0. The summed E-state index contributed by atoms with van der Waals surface area (Å²) in [6.07, 6.45) is 6.33. The fourth-order valence-corrected chi connectivity index (χ4v) is 1.60. The second-order valence-corrected chi connectivity index (χ2v) is 3.79. The van der Waals surface area contributed by atoms with Crippen molar-refractivity contribution >= 4 is 12.2 Å². The second-order valence-electron chi connectivity index (χ2n) is 3.79. The molecule has 0 saturated heterocycles. The van der Waals surface area contributed by atoms with E-state index in [2.05, 4.69) is 73.3 Å². The first-order valence-corrected chi connectivity index (χ1v) is 5.12. The van der Waals surface area contributed by atoms with Gasteiger partial charge in [0.15, 0.2) is 0 Å². The zero-order valence-electron chi connectivity index (χ0n) is 9.14. The molecule has 1 heteroatoms. The highest BCUT2D eigenvalue weighted by molar-refractivity contribution is 5.68. The Labute approximate surface area is 90.7 Å². The van der Waals surface area contributed by atoms with Crippen molar-refractivity contribution in [2.24, 2.45) is 7.05 Å². The maximum Gasteiger partial charge on any atom is 0.0404 e. The maximum absolute atomic E-state index is 2.18. The van der Waals surface area contributed by atoms with Crippen LogP contribution in [0.15, 0.2) is 42.6 Å². The topological polar surface area (TPSA) is 4.93 Å². The zero-order chi connectivity index (χ0) is 10.7. The smallest absolute Gasteiger partial charge is 0.0404 e. The lowest BCUT2D eigenvalue weighted by Gasteiger charge is -1.97. The van der Waals surface area contributed by atoms with Gasteiger partial charge in [-0.25, -0.2) is 0 Å². The average molecular weight is 197 g/mol. The molecule has 2 aromatic rings. The molecule has 0 bridgehead atoms. The second kappa shape index (κ2) is 4.18. The van der Waals surface area contributed by atoms with Crippen LogP contribution in [-0.2, 0) is 7.05 Å². The molecule has 0 spiro atoms. The van der Waals surface area contributed by atoms with Gasteiger partial charge in [-0.15, -0.1) is 0 Å². The lowest BCUT2D eigenvalue weighted by molar-refractivity contribution is 0.915. The van der Waals surface area contributed by atoms with Crippen molar-refractivity contribution in [3.63, 3.8) is 0 Å². The molecule has 1 nitrogen and oxygen atoms in total. The number of aromatic nitrogens is 1. The van der Waals surface area contributed by atoms with Crippen LogP contribution in [0.4, 0.5) is 0 Å². The van der Waals surface area contributed by atoms with E-state index < -0.39 is 0 Å². The molecule has 15 heavy (non-hydrogen) atoms. The van der Waals surface area contributed by atoms with E-state index in [4.69, 9.17) is 0 Å². The van der Waals surface area contributed by atoms with Crippen molar-refractivity contribution in [1.82, 2.24) is 4.57 Å². The molecule has 0 saturated carbocycles. The standard InChI is InChI=1S/C14H15N/c1-12-5-3-6-13(11-12)8-9-14-7-4-10-15(14)2/h3-11H,1-2H3/b9-8-. The quantitative estimate of drug-likeness (QED) is 0.694. The number of benzene rings is 1. The lowest BCUT2D eigenvalue weighted by Crippen LogP contribution is -1.86. The summed E-state index contributed by atoms with van der Waals surface area (Å²) in [7, 11) is 2.05. The van der Waals surface area contributed by atoms with Gasteiger partial charge in [0.25, 0.3) is 0 Å². The van der Waals surface area contributed by atoms with Gasteiger partial charge in [0.1, 0.15) is 0 Å². The van der Waals surface area contributed by atoms with Crippen LogP contribution >= 0.6 is 0 Å². The molecule has 2 rings (SSSR count). The first-order valence-electron chi connectivity index (χ1n) is 5.12. The van der Waals surface area contributed by atoms with Gasteiger partial charge in [-0.05, 0) is 30.7 Å². The number of hydrogen-bond acceptors (Lipinski definition) is 0. The molecule has 0 N–H and O–H groups in total. The van der Waals surface area contributed by atoms with Crippen molar-refractivity contribution in [1.29, 1.82) is 0 Å². The van der Waals surface area contributed by atoms with E-state index in [0.717, 1.165) is 0 Å². The van der Waals surface area contributed by atoms with Gasteiger partial charge in [-0.2, -0.15) is 0 Å². The van der Waals surface area contributed by atoms with Crippen molar-refractivity contribution in [2.45, 2.75) is 6.92 Å². The Hall–Kier alpha value is -1.76. The van der Waals surface area contributed by atoms with Gasteiger partial charge in [-0.1, -0.05) is 35.9 Å². The third-order valence-corrected chi connectivity index (χ3v) is 2.47. The molecule has 1 aromatic heterocycles. The summed E-state index contributed by atoms with van der Waals surface area (Å²) in [5.74, 6) is 0. The number of hydrogen-bond donors (Lipinski definition) is 0. The van der Waals surface area contributed by atoms with Crippen LogP contribution in [0, 0.1) is 6.92 Å². The Bertz CT molecular complexity index is 478. The summed E-state index contributed by atoms with van der Waals surface area (Å²) in [5, 5.41) is 0. The van der Waals surface area contributed by atoms with Crippen LogP contribution < -0.4 is 0 Å². The van der Waals surface area contributed by atoms with E-state index >= 15 is 0 Å². The van der Waals surface area contributed by atoms with Gasteiger partial charge in [-0.3, -0.25) is 0 Å². The van der Waals surface area contributed by atoms with Gasteiger partial charge in [0.05, 0.1) is 0 Å². The predicted molar refractivity (Wildman–Crippen MR) is 65.5 cm³/mol. The van der Waals surface area contributed by atoms with E-state index in [1.54, 1.807) is 0 Å². The summed E-state index contributed by atoms with van der Waals surface area (Å²) in [6, 6.07) is 12.6. The Morgan fingerprint density at radius 2 is 1.93 bits per heavy atom. The molecule has 0 atom stereocenters. The highest BCUT2D eigenvalue weighted by Gasteiger charge is 1.91. The Kier molecular flexibility index (Phi) is 2.72. The molecule has 0 aliphatic carbocycles. The van der Waals surface area contributed by atoms with E-state index in [0.29, 0.717) is 0 Å². The summed E-state index contributed by atoms with van der Waals surface area (Å²) >= 11 is 0. The van der Waals surface area contributed by atoms with Gasteiger partial charge >= 0.3 is 0 Å². The minimum absolute atomic E-state index is 1.22. The molecule has 1 aromatic carbocycles. The third-order valence-electron chi connectivity index (χ3n) is 2.47. The van der Waals surface area contributed by atoms with Gasteiger partial charge in [0.2, 0.25) is 0 Å². The molecule has 0 aliphatic rings. The molecule has 0 fully saturated rings. The van der Waals surface area contributed by atoms with Crippen molar-refractivity contribution < 1.29 is 0 Å². The lowest BCUT2D eigenvalue weighted by atomic mass is 10.1. The number of rotatable bonds is 2. The first kappa shape index (κ1) is 9.78. The molecular formula is C14H15N. The Morgan fingerprint density at radius 1 is 1.07 bits per heavy atom. The SMILES string of the molecule is Cc1cccc(/C=C\c2cccn2C)c1. The van der Waals surface area contributed by atoms with Crippen LogP contribution in [0.1, 0.15) is 16.8 Å². The van der Waals surface area contributed by atoms with Crippen molar-refractivity contribution in [3.05, 3.63) is 59.4 Å². The van der Waals surface area contributed by atoms with Gasteiger partial charge < -0.3 is 4.57 Å². The Balaban J connectivity index is 2.22. The zero-order valence-corrected chi connectivity index (χ0v) is 9.14. The van der Waals surface area contributed by atoms with Crippen molar-refractivity contribution in [2.75, 3.05) is 0 Å². The minimum atomic E-state index is 1.22. The molecule has 0 amide bonds. The summed E-state index contributed by atoms with van der Waals surface area (Å²) in [6.45, 7) is 2.11. The molecule has 0 unspecified atom stereocenters. The molecule has 1 heterocycles. The number of nitrogens with zero attached hydrogens (tertiary/aromatic N) is 1. The van der Waals surface area contributed by atoms with E-state index in [1.807, 2.05) is 0 Å². The first-order chi connectivity index (χ1) is 7.25. The van der Waals surface area contributed by atoms with Crippen LogP contribution in [0.3, 0.4) is 0 Å². The monoisotopic (exact) mass is 197 g/mol. The summed E-state index contributed by atoms with van der Waals surface area (Å²) in [5.41, 5.74) is 3.76. The van der Waals surface area contributed by atoms with E-state index in [1.165, 1.54) is 16.8 Å². The molecule has 76 valence electrons. The normalized spacial score (nSPS) is 11.1. The van der Waals surface area contributed by atoms with Crippen molar-refractivity contribution in [3.8, 4) is 0 Å². The fraction of sp³-hybridized carbons (Fsp3) is 0.143. The van der Waals surface area contributed by atoms with Gasteiger partial charge in [0, 0.05) is 18.9 Å². The predicted octanol–water partition coefficient (Wildman–Crippen LogP) is 3.50. The van der Waals surface area contributed by atoms with Crippen LogP contribution in [0.5, 0.6) is 0 Å². The van der Waals surface area contributed by atoms with Crippen LogP contribution in [0.2, 0.25) is 0 Å². The molecule has 0 aliphatic heterocycles.